The number of nitrogens with zero attached hydrogens (tertiary/aromatic N) is 4. The summed E-state index contributed by atoms with van der Waals surface area (Å²) in [6.45, 7) is 14.6. The third kappa shape index (κ3) is 7.52. The van der Waals surface area contributed by atoms with E-state index in [4.69, 9.17) is 12.1 Å². The van der Waals surface area contributed by atoms with Crippen molar-refractivity contribution in [2.75, 3.05) is 0 Å². The first-order chi connectivity index (χ1) is 24.8. The van der Waals surface area contributed by atoms with Gasteiger partial charge in [0, 0.05) is 46.3 Å². The van der Waals surface area contributed by atoms with Gasteiger partial charge in [-0.2, -0.15) is 0 Å². The second-order valence-corrected chi connectivity index (χ2v) is 19.6. The summed E-state index contributed by atoms with van der Waals surface area (Å²) in [5.41, 5.74) is 8.36. The second-order valence-electron chi connectivity index (χ2n) is 14.6. The Balaban J connectivity index is 0.000000184. The SMILES string of the molecule is Cc1nccc2nc(-c3[c-]ccc4c3oc3ccccc34)n(-c3ccccc3)c12.[2H]C([2H])(c1cc(-c2[c-]cccc2)ncc1[Si](C)(C)C)C(C)(C)C.[Ir]. The molecule has 8 aromatic rings. The van der Waals surface area contributed by atoms with Gasteiger partial charge >= 0.3 is 0 Å². The number of fused-ring (bicyclic) bond motifs is 4. The monoisotopic (exact) mass is 865 g/mol. The maximum absolute atomic E-state index is 8.75. The molecule has 0 fully saturated rings. The van der Waals surface area contributed by atoms with Gasteiger partial charge in [-0.25, -0.2) is 0 Å². The number of para-hydroxylation sites is 2. The van der Waals surface area contributed by atoms with Gasteiger partial charge in [0.2, 0.25) is 0 Å². The number of hydrogen-bond acceptors (Lipinski definition) is 4. The molecular weight excluding hydrogens is 821 g/mol. The predicted molar refractivity (Wildman–Crippen MR) is 210 cm³/mol. The first kappa shape index (κ1) is 33.5. The van der Waals surface area contributed by atoms with Crippen LogP contribution in [0.4, 0.5) is 0 Å². The van der Waals surface area contributed by atoms with Gasteiger partial charge in [-0.1, -0.05) is 99.4 Å². The number of pyridine rings is 2. The topological polar surface area (TPSA) is 56.7 Å². The number of furan rings is 1. The fourth-order valence-corrected chi connectivity index (χ4v) is 7.69. The largest absolute Gasteiger partial charge is 0.501 e. The molecule has 0 bridgehead atoms. The van der Waals surface area contributed by atoms with Gasteiger partial charge in [-0.3, -0.25) is 9.97 Å². The summed E-state index contributed by atoms with van der Waals surface area (Å²) in [7, 11) is -1.70. The first-order valence-electron chi connectivity index (χ1n) is 18.0. The van der Waals surface area contributed by atoms with E-state index in [1.54, 1.807) is 6.20 Å². The van der Waals surface area contributed by atoms with Crippen LogP contribution in [0, 0.1) is 24.5 Å². The molecule has 259 valence electrons. The molecule has 0 saturated carbocycles. The summed E-state index contributed by atoms with van der Waals surface area (Å²) in [5.74, 6) is 0.798. The fourth-order valence-electron chi connectivity index (χ4n) is 6.29. The number of rotatable bonds is 5. The van der Waals surface area contributed by atoms with Gasteiger partial charge in [0.1, 0.15) is 5.58 Å². The molecule has 7 heteroatoms. The first-order valence-corrected chi connectivity index (χ1v) is 20.5. The van der Waals surface area contributed by atoms with E-state index in [9.17, 15) is 0 Å². The van der Waals surface area contributed by atoms with E-state index in [0.717, 1.165) is 77.7 Å². The number of imidazole rings is 1. The van der Waals surface area contributed by atoms with Crippen molar-refractivity contribution in [3.8, 4) is 28.3 Å². The average molecular weight is 865 g/mol. The van der Waals surface area contributed by atoms with Crippen LogP contribution >= 0.6 is 0 Å². The molecule has 0 saturated heterocycles. The Kier molecular flexibility index (Phi) is 9.52. The second kappa shape index (κ2) is 14.5. The Labute approximate surface area is 318 Å². The van der Waals surface area contributed by atoms with Gasteiger partial charge in [-0.05, 0) is 53.9 Å². The molecule has 0 N–H and O–H groups in total. The quantitative estimate of drug-likeness (QED) is 0.128. The van der Waals surface area contributed by atoms with Crippen molar-refractivity contribution in [3.05, 3.63) is 139 Å². The van der Waals surface area contributed by atoms with E-state index in [-0.39, 0.29) is 20.1 Å². The Morgan fingerprint density at radius 1 is 0.843 bits per heavy atom. The van der Waals surface area contributed by atoms with Crippen molar-refractivity contribution in [3.63, 3.8) is 0 Å². The maximum atomic E-state index is 8.75. The molecule has 0 aliphatic carbocycles. The molecule has 1 radical (unpaired) electrons. The van der Waals surface area contributed by atoms with Crippen LogP contribution < -0.4 is 5.19 Å². The van der Waals surface area contributed by atoms with Gasteiger partial charge in [0.05, 0.1) is 36.2 Å². The van der Waals surface area contributed by atoms with E-state index in [1.165, 1.54) is 0 Å². The maximum Gasteiger partial charge on any atom is 0.120 e. The van der Waals surface area contributed by atoms with Crippen LogP contribution in [0.1, 0.15) is 34.8 Å². The van der Waals surface area contributed by atoms with E-state index in [2.05, 4.69) is 64.5 Å². The van der Waals surface area contributed by atoms with Gasteiger partial charge in [0.25, 0.3) is 0 Å². The van der Waals surface area contributed by atoms with Crippen molar-refractivity contribution in [1.29, 1.82) is 0 Å². The van der Waals surface area contributed by atoms with E-state index < -0.39 is 19.9 Å². The zero-order valence-corrected chi connectivity index (χ0v) is 33.4. The zero-order chi connectivity index (χ0) is 36.8. The number of hydrogen-bond donors (Lipinski definition) is 0. The van der Waals surface area contributed by atoms with Crippen LogP contribution in [-0.2, 0) is 26.5 Å². The van der Waals surface area contributed by atoms with E-state index >= 15 is 0 Å². The van der Waals surface area contributed by atoms with Crippen LogP contribution in [-0.4, -0.2) is 27.6 Å². The molecule has 0 amide bonds. The minimum Gasteiger partial charge on any atom is -0.501 e. The fraction of sp³-hybridized carbons (Fsp3) is 0.205. The Morgan fingerprint density at radius 3 is 2.31 bits per heavy atom. The van der Waals surface area contributed by atoms with Crippen LogP contribution in [0.25, 0.3) is 61.3 Å². The molecule has 0 unspecified atom stereocenters. The zero-order valence-electron chi connectivity index (χ0n) is 32.0. The van der Waals surface area contributed by atoms with Gasteiger partial charge < -0.3 is 14.0 Å². The molecule has 0 aliphatic rings. The third-order valence-corrected chi connectivity index (χ3v) is 10.5. The van der Waals surface area contributed by atoms with E-state index in [1.807, 2.05) is 119 Å². The Hall–Kier alpha value is -4.68. The smallest absolute Gasteiger partial charge is 0.120 e. The number of benzene rings is 4. The van der Waals surface area contributed by atoms with E-state index in [0.29, 0.717) is 0 Å². The van der Waals surface area contributed by atoms with Crippen molar-refractivity contribution >= 4 is 46.2 Å². The van der Waals surface area contributed by atoms with Crippen LogP contribution in [0.3, 0.4) is 0 Å². The Morgan fingerprint density at radius 2 is 1.59 bits per heavy atom. The van der Waals surface area contributed by atoms with Crippen molar-refractivity contribution in [2.24, 2.45) is 5.41 Å². The molecule has 0 spiro atoms. The molecule has 8 rings (SSSR count). The summed E-state index contributed by atoms with van der Waals surface area (Å²) in [6.07, 6.45) is 2.27. The molecule has 0 aliphatic heterocycles. The Bertz CT molecular complexity index is 2540. The van der Waals surface area contributed by atoms with Crippen LogP contribution in [0.15, 0.2) is 120 Å². The molecule has 5 nitrogen and oxygen atoms in total. The predicted octanol–water partition coefficient (Wildman–Crippen LogP) is 10.8. The van der Waals surface area contributed by atoms with Gasteiger partial charge in [-0.15, -0.1) is 54.1 Å². The number of aromatic nitrogens is 4. The summed E-state index contributed by atoms with van der Waals surface area (Å²) in [5, 5.41) is 3.26. The van der Waals surface area contributed by atoms with Crippen LogP contribution in [0.2, 0.25) is 19.6 Å². The van der Waals surface area contributed by atoms with Crippen molar-refractivity contribution < 1.29 is 27.3 Å². The molecule has 0 atom stereocenters. The third-order valence-electron chi connectivity index (χ3n) is 8.53. The minimum absolute atomic E-state index is 0. The molecule has 51 heavy (non-hydrogen) atoms. The summed E-state index contributed by atoms with van der Waals surface area (Å²) in [6, 6.07) is 40.5. The summed E-state index contributed by atoms with van der Waals surface area (Å²) < 4.78 is 25.9. The van der Waals surface area contributed by atoms with Gasteiger partial charge in [0.15, 0.2) is 0 Å². The number of aryl methyl sites for hydroxylation is 1. The van der Waals surface area contributed by atoms with Crippen molar-refractivity contribution in [2.45, 2.75) is 53.7 Å². The molecular formula is C44H42IrN4OSi-2. The molecule has 4 aromatic carbocycles. The summed E-state index contributed by atoms with van der Waals surface area (Å²) >= 11 is 0. The van der Waals surface area contributed by atoms with Crippen LogP contribution in [0.5, 0.6) is 0 Å². The molecule has 4 aromatic heterocycles. The normalized spacial score (nSPS) is 12.6. The van der Waals surface area contributed by atoms with Crippen molar-refractivity contribution in [1.82, 2.24) is 19.5 Å². The minimum atomic E-state index is -1.70. The standard InChI is InChI=1S/C25H16N3O.C19H26NSi.Ir/c1-16-23-21(14-15-26-16)27-25(28(23)17-8-3-2-4-9-17)20-12-7-11-19-18-10-5-6-13-22(18)29-24(19)20;1-19(2,3)13-16-12-17(15-10-8-7-9-11-15)20-14-18(16)21(4,5)6;/h2-11,13-15H,1H3;7-10,12,14H,13H2,1-6H3;/q2*-1;/i;13D2;. The average Bonchev–Trinajstić information content (AvgIpc) is 3.71. The molecule has 4 heterocycles. The summed E-state index contributed by atoms with van der Waals surface area (Å²) in [4.78, 5) is 14.1.